The molecule has 1 fully saturated rings. The summed E-state index contributed by atoms with van der Waals surface area (Å²) in [5.41, 5.74) is 0. The van der Waals surface area contributed by atoms with Crippen molar-refractivity contribution in [3.63, 3.8) is 0 Å². The molecule has 104 valence electrons. The van der Waals surface area contributed by atoms with Crippen LogP contribution in [0.15, 0.2) is 6.07 Å². The van der Waals surface area contributed by atoms with Crippen LogP contribution in [0.4, 0.5) is 17.6 Å². The fourth-order valence-corrected chi connectivity index (χ4v) is 1.91. The molecule has 0 saturated carbocycles. The normalized spacial score (nSPS) is 17.3. The van der Waals surface area contributed by atoms with Crippen molar-refractivity contribution in [3.8, 4) is 5.75 Å². The second-order valence-electron chi connectivity index (χ2n) is 5.20. The smallest absolute Gasteiger partial charge is 0.203 e. The van der Waals surface area contributed by atoms with Gasteiger partial charge in [0, 0.05) is 19.2 Å². The lowest BCUT2D eigenvalue weighted by Crippen LogP contribution is -2.69. The molecule has 2 rings (SSSR count). The van der Waals surface area contributed by atoms with E-state index in [-0.39, 0.29) is 19.2 Å². The van der Waals surface area contributed by atoms with E-state index in [2.05, 4.69) is 0 Å². The summed E-state index contributed by atoms with van der Waals surface area (Å²) in [4.78, 5) is 1.29. The molecule has 1 aromatic rings. The standard InChI is InChI=1S/C11H6B5F4NO/c12-10(13,14)11(15,16)21-2-4(3-21)22-9-7(19)5(17)1-6(18)8(9)20/h1,4H,2-3H2. The van der Waals surface area contributed by atoms with Crippen LogP contribution in [-0.2, 0) is 0 Å². The van der Waals surface area contributed by atoms with E-state index in [1.165, 1.54) is 4.90 Å². The summed E-state index contributed by atoms with van der Waals surface area (Å²) in [7, 11) is 27.6. The van der Waals surface area contributed by atoms with Gasteiger partial charge in [-0.1, -0.05) is 5.34 Å². The first-order chi connectivity index (χ1) is 9.95. The SMILES string of the molecule is [B]C([B])([B])C([B])([B])N1CC(Oc2c(F)c(F)cc(F)c2F)C1. The van der Waals surface area contributed by atoms with Crippen LogP contribution in [0, 0.1) is 23.3 Å². The average molecular weight is 298 g/mol. The van der Waals surface area contributed by atoms with E-state index in [4.69, 9.17) is 44.0 Å². The summed E-state index contributed by atoms with van der Waals surface area (Å²) in [6, 6.07) is 0.0843. The Hall–Kier alpha value is -0.975. The zero-order chi connectivity index (χ0) is 16.9. The summed E-state index contributed by atoms with van der Waals surface area (Å²) in [6.07, 6.45) is -0.820. The lowest BCUT2D eigenvalue weighted by molar-refractivity contribution is -0.00521. The zero-order valence-corrected chi connectivity index (χ0v) is 11.3. The monoisotopic (exact) mass is 299 g/mol. The first-order valence-corrected chi connectivity index (χ1v) is 6.14. The third kappa shape index (κ3) is 2.92. The molecular weight excluding hydrogens is 292 g/mol. The van der Waals surface area contributed by atoms with Gasteiger partial charge in [-0.3, -0.25) is 0 Å². The van der Waals surface area contributed by atoms with E-state index in [9.17, 15) is 17.6 Å². The van der Waals surface area contributed by atoms with Crippen LogP contribution in [0.3, 0.4) is 0 Å². The first-order valence-electron chi connectivity index (χ1n) is 6.14. The highest BCUT2D eigenvalue weighted by Gasteiger charge is 2.43. The summed E-state index contributed by atoms with van der Waals surface area (Å²) < 4.78 is 57.9. The molecule has 0 spiro atoms. The van der Waals surface area contributed by atoms with Crippen molar-refractivity contribution in [2.45, 2.75) is 16.6 Å². The molecule has 0 amide bonds. The second-order valence-corrected chi connectivity index (χ2v) is 5.20. The molecule has 11 heteroatoms. The molecule has 0 aliphatic carbocycles. The van der Waals surface area contributed by atoms with Crippen molar-refractivity contribution in [3.05, 3.63) is 29.3 Å². The van der Waals surface area contributed by atoms with Gasteiger partial charge in [-0.15, -0.1) is 5.11 Å². The Kier molecular flexibility index (Phi) is 4.41. The van der Waals surface area contributed by atoms with Crippen LogP contribution < -0.4 is 4.74 Å². The maximum absolute atomic E-state index is 13.5. The molecule has 1 aliphatic rings. The highest BCUT2D eigenvalue weighted by Crippen LogP contribution is 2.34. The maximum Gasteiger partial charge on any atom is 0.203 e. The van der Waals surface area contributed by atoms with Gasteiger partial charge in [0.15, 0.2) is 17.4 Å². The molecule has 0 unspecified atom stereocenters. The Bertz CT molecular complexity index is 563. The first kappa shape index (κ1) is 17.4. The van der Waals surface area contributed by atoms with Gasteiger partial charge in [-0.05, 0) is 0 Å². The molecular formula is C11H6B5F4NO. The average Bonchev–Trinajstić information content (AvgIpc) is 2.32. The minimum absolute atomic E-state index is 0.0443. The van der Waals surface area contributed by atoms with Crippen LogP contribution in [0.5, 0.6) is 5.75 Å². The van der Waals surface area contributed by atoms with Gasteiger partial charge in [-0.2, -0.15) is 8.78 Å². The Balaban J connectivity index is 2.08. The Morgan fingerprint density at radius 3 is 1.82 bits per heavy atom. The van der Waals surface area contributed by atoms with Gasteiger partial charge in [0.1, 0.15) is 6.10 Å². The molecule has 1 aromatic carbocycles. The Morgan fingerprint density at radius 1 is 0.955 bits per heavy atom. The molecule has 0 bridgehead atoms. The molecule has 1 saturated heterocycles. The summed E-state index contributed by atoms with van der Waals surface area (Å²) in [6.45, 7) is -0.0886. The molecule has 0 atom stereocenters. The van der Waals surface area contributed by atoms with E-state index in [1.54, 1.807) is 0 Å². The quantitative estimate of drug-likeness (QED) is 0.436. The van der Waals surface area contributed by atoms with Crippen molar-refractivity contribution in [1.82, 2.24) is 4.90 Å². The molecule has 10 radical (unpaired) electrons. The van der Waals surface area contributed by atoms with Crippen LogP contribution >= 0.6 is 0 Å². The number of ether oxygens (including phenoxy) is 1. The van der Waals surface area contributed by atoms with Crippen LogP contribution in [0.2, 0.25) is 5.11 Å². The van der Waals surface area contributed by atoms with Gasteiger partial charge in [-0.25, -0.2) is 8.78 Å². The van der Waals surface area contributed by atoms with Crippen molar-refractivity contribution in [1.29, 1.82) is 0 Å². The number of hydrogen-bond donors (Lipinski definition) is 0. The van der Waals surface area contributed by atoms with Gasteiger partial charge in [0.2, 0.25) is 11.6 Å². The largest absolute Gasteiger partial charge is 0.481 e. The van der Waals surface area contributed by atoms with Gasteiger partial charge in [0.25, 0.3) is 0 Å². The summed E-state index contributed by atoms with van der Waals surface area (Å²) >= 11 is 0. The summed E-state index contributed by atoms with van der Waals surface area (Å²) in [5, 5.41) is -3.75. The minimum Gasteiger partial charge on any atom is -0.481 e. The fraction of sp³-hybridized carbons (Fsp3) is 0.455. The number of nitrogens with zero attached hydrogens (tertiary/aromatic N) is 1. The Morgan fingerprint density at radius 2 is 1.41 bits per heavy atom. The van der Waals surface area contributed by atoms with Crippen LogP contribution in [0.1, 0.15) is 0 Å². The van der Waals surface area contributed by atoms with Crippen LogP contribution in [-0.4, -0.2) is 68.7 Å². The van der Waals surface area contributed by atoms with Gasteiger partial charge in [0.05, 0.1) is 39.2 Å². The van der Waals surface area contributed by atoms with E-state index >= 15 is 0 Å². The zero-order valence-electron chi connectivity index (χ0n) is 11.3. The van der Waals surface area contributed by atoms with Crippen LogP contribution in [0.25, 0.3) is 0 Å². The van der Waals surface area contributed by atoms with E-state index < -0.39 is 45.6 Å². The van der Waals surface area contributed by atoms with E-state index in [0.717, 1.165) is 0 Å². The number of rotatable bonds is 4. The molecule has 0 N–H and O–H groups in total. The Labute approximate surface area is 132 Å². The summed E-state index contributed by atoms with van der Waals surface area (Å²) in [5.74, 6) is -7.55. The molecule has 1 heterocycles. The lowest BCUT2D eigenvalue weighted by atomic mass is 9.26. The third-order valence-corrected chi connectivity index (χ3v) is 3.42. The highest BCUT2D eigenvalue weighted by atomic mass is 19.2. The predicted octanol–water partition coefficient (Wildman–Crippen LogP) is -0.124. The van der Waals surface area contributed by atoms with E-state index in [1.807, 2.05) is 0 Å². The van der Waals surface area contributed by atoms with Crippen molar-refractivity contribution >= 4 is 39.2 Å². The van der Waals surface area contributed by atoms with Crippen molar-refractivity contribution < 1.29 is 22.3 Å². The van der Waals surface area contributed by atoms with E-state index in [0.29, 0.717) is 0 Å². The second kappa shape index (κ2) is 5.58. The number of hydrogen-bond acceptors (Lipinski definition) is 2. The number of halogens is 4. The molecule has 1 aliphatic heterocycles. The predicted molar refractivity (Wildman–Crippen MR) is 76.5 cm³/mol. The number of benzene rings is 1. The third-order valence-electron chi connectivity index (χ3n) is 3.42. The molecule has 0 aromatic heterocycles. The van der Waals surface area contributed by atoms with Crippen molar-refractivity contribution in [2.75, 3.05) is 13.1 Å². The number of likely N-dealkylation sites (tertiary alicyclic amines) is 1. The van der Waals surface area contributed by atoms with Gasteiger partial charge >= 0.3 is 0 Å². The lowest BCUT2D eigenvalue weighted by Gasteiger charge is -2.56. The molecule has 22 heavy (non-hydrogen) atoms. The van der Waals surface area contributed by atoms with Gasteiger partial charge < -0.3 is 9.64 Å². The maximum atomic E-state index is 13.5. The fourth-order valence-electron chi connectivity index (χ4n) is 1.91. The van der Waals surface area contributed by atoms with Crippen molar-refractivity contribution in [2.24, 2.45) is 0 Å². The topological polar surface area (TPSA) is 12.5 Å². The minimum atomic E-state index is -1.95. The highest BCUT2D eigenvalue weighted by molar-refractivity contribution is 6.67. The molecule has 2 nitrogen and oxygen atoms in total.